The van der Waals surface area contributed by atoms with Crippen molar-refractivity contribution in [2.75, 3.05) is 6.61 Å². The number of benzene rings is 2. The Morgan fingerprint density at radius 3 is 2.65 bits per heavy atom. The zero-order valence-electron chi connectivity index (χ0n) is 17.2. The first-order valence-electron chi connectivity index (χ1n) is 10.3. The molecule has 0 unspecified atom stereocenters. The summed E-state index contributed by atoms with van der Waals surface area (Å²) in [5.41, 5.74) is 0.337. The second-order valence-electron chi connectivity index (χ2n) is 7.64. The quantitative estimate of drug-likeness (QED) is 0.537. The zero-order chi connectivity index (χ0) is 22.4. The minimum absolute atomic E-state index is 0.0318. The van der Waals surface area contributed by atoms with Gasteiger partial charge in [-0.15, -0.1) is 0 Å². The molecule has 0 aliphatic heterocycles. The molecule has 0 aromatic heterocycles. The van der Waals surface area contributed by atoms with E-state index in [1.165, 1.54) is 11.0 Å². The molecule has 0 heterocycles. The first-order chi connectivity index (χ1) is 14.8. The van der Waals surface area contributed by atoms with Gasteiger partial charge in [0, 0.05) is 23.2 Å². The fraction of sp³-hybridized carbons (Fsp3) is 0.391. The van der Waals surface area contributed by atoms with Crippen molar-refractivity contribution < 1.29 is 18.7 Å². The SMILES string of the molecule is C[C@@H](C(=O)NC1CCCC1)N(Cc1ccccc1F)C(=O)COc1ccc(Cl)cc1Br. The van der Waals surface area contributed by atoms with Gasteiger partial charge in [0.1, 0.15) is 17.6 Å². The second kappa shape index (κ2) is 11.0. The molecule has 1 aliphatic rings. The van der Waals surface area contributed by atoms with E-state index < -0.39 is 17.8 Å². The van der Waals surface area contributed by atoms with Crippen molar-refractivity contribution in [1.29, 1.82) is 0 Å². The van der Waals surface area contributed by atoms with Gasteiger partial charge < -0.3 is 15.0 Å². The molecular formula is C23H25BrClFN2O3. The van der Waals surface area contributed by atoms with E-state index in [0.29, 0.717) is 20.8 Å². The second-order valence-corrected chi connectivity index (χ2v) is 8.93. The van der Waals surface area contributed by atoms with Crippen molar-refractivity contribution in [2.45, 2.75) is 51.2 Å². The highest BCUT2D eigenvalue weighted by Gasteiger charge is 2.29. The van der Waals surface area contributed by atoms with Gasteiger partial charge in [0.2, 0.25) is 5.91 Å². The van der Waals surface area contributed by atoms with Crippen LogP contribution in [0.4, 0.5) is 4.39 Å². The van der Waals surface area contributed by atoms with E-state index in [2.05, 4.69) is 21.2 Å². The van der Waals surface area contributed by atoms with Crippen molar-refractivity contribution in [3.63, 3.8) is 0 Å². The number of hydrogen-bond donors (Lipinski definition) is 1. The van der Waals surface area contributed by atoms with Gasteiger partial charge in [0.15, 0.2) is 6.61 Å². The van der Waals surface area contributed by atoms with Crippen LogP contribution in [0.2, 0.25) is 5.02 Å². The highest BCUT2D eigenvalue weighted by Crippen LogP contribution is 2.28. The van der Waals surface area contributed by atoms with Crippen LogP contribution in [0.1, 0.15) is 38.2 Å². The Hall–Kier alpha value is -2.12. The number of carbonyl (C=O) groups excluding carboxylic acids is 2. The number of rotatable bonds is 8. The van der Waals surface area contributed by atoms with Crippen molar-refractivity contribution in [3.05, 3.63) is 63.3 Å². The summed E-state index contributed by atoms with van der Waals surface area (Å²) in [5.74, 6) is -0.639. The Balaban J connectivity index is 1.74. The molecule has 8 heteroatoms. The van der Waals surface area contributed by atoms with Crippen LogP contribution < -0.4 is 10.1 Å². The van der Waals surface area contributed by atoms with Crippen LogP contribution in [0.3, 0.4) is 0 Å². The Bertz CT molecular complexity index is 937. The maximum absolute atomic E-state index is 14.3. The van der Waals surface area contributed by atoms with Gasteiger partial charge in [-0.05, 0) is 60.0 Å². The van der Waals surface area contributed by atoms with E-state index in [1.807, 2.05) is 0 Å². The van der Waals surface area contributed by atoms with Gasteiger partial charge in [-0.25, -0.2) is 4.39 Å². The van der Waals surface area contributed by atoms with E-state index in [0.717, 1.165) is 25.7 Å². The van der Waals surface area contributed by atoms with Crippen LogP contribution in [-0.2, 0) is 16.1 Å². The lowest BCUT2D eigenvalue weighted by atomic mass is 10.1. The predicted molar refractivity (Wildman–Crippen MR) is 121 cm³/mol. The summed E-state index contributed by atoms with van der Waals surface area (Å²) in [7, 11) is 0. The van der Waals surface area contributed by atoms with Crippen molar-refractivity contribution in [1.82, 2.24) is 10.2 Å². The largest absolute Gasteiger partial charge is 0.483 e. The Morgan fingerprint density at radius 1 is 1.26 bits per heavy atom. The lowest BCUT2D eigenvalue weighted by molar-refractivity contribution is -0.142. The third kappa shape index (κ3) is 6.43. The maximum atomic E-state index is 14.3. The van der Waals surface area contributed by atoms with Crippen LogP contribution in [0.15, 0.2) is 46.9 Å². The molecule has 1 saturated carbocycles. The van der Waals surface area contributed by atoms with Crippen molar-refractivity contribution in [3.8, 4) is 5.75 Å². The van der Waals surface area contributed by atoms with Crippen molar-refractivity contribution >= 4 is 39.3 Å². The monoisotopic (exact) mass is 510 g/mol. The number of hydrogen-bond acceptors (Lipinski definition) is 3. The molecule has 0 bridgehead atoms. The first-order valence-corrected chi connectivity index (χ1v) is 11.4. The van der Waals surface area contributed by atoms with Gasteiger partial charge in [0.25, 0.3) is 5.91 Å². The topological polar surface area (TPSA) is 58.6 Å². The molecule has 0 radical (unpaired) electrons. The average Bonchev–Trinajstić information content (AvgIpc) is 3.25. The summed E-state index contributed by atoms with van der Waals surface area (Å²) in [4.78, 5) is 27.2. The number of ether oxygens (including phenoxy) is 1. The summed E-state index contributed by atoms with van der Waals surface area (Å²) >= 11 is 9.29. The van der Waals surface area contributed by atoms with Gasteiger partial charge in [-0.1, -0.05) is 42.6 Å². The van der Waals surface area contributed by atoms with E-state index in [-0.39, 0.29) is 25.1 Å². The molecular weight excluding hydrogens is 487 g/mol. The predicted octanol–water partition coefficient (Wildman–Crippen LogP) is 5.10. The summed E-state index contributed by atoms with van der Waals surface area (Å²) in [5, 5.41) is 3.55. The van der Waals surface area contributed by atoms with E-state index in [1.54, 1.807) is 43.3 Å². The molecule has 0 spiro atoms. The summed E-state index contributed by atoms with van der Waals surface area (Å²) in [6, 6.07) is 10.5. The van der Waals surface area contributed by atoms with Crippen LogP contribution in [-0.4, -0.2) is 35.4 Å². The van der Waals surface area contributed by atoms with E-state index in [4.69, 9.17) is 16.3 Å². The van der Waals surface area contributed by atoms with Crippen LogP contribution in [0, 0.1) is 5.82 Å². The fourth-order valence-electron chi connectivity index (χ4n) is 3.60. The summed E-state index contributed by atoms with van der Waals surface area (Å²) in [6.07, 6.45) is 4.04. The molecule has 31 heavy (non-hydrogen) atoms. The van der Waals surface area contributed by atoms with Gasteiger partial charge in [0.05, 0.1) is 4.47 Å². The molecule has 1 N–H and O–H groups in total. The lowest BCUT2D eigenvalue weighted by Crippen LogP contribution is -2.50. The average molecular weight is 512 g/mol. The number of nitrogens with zero attached hydrogens (tertiary/aromatic N) is 1. The van der Waals surface area contributed by atoms with Crippen molar-refractivity contribution in [2.24, 2.45) is 0 Å². The Kier molecular flexibility index (Phi) is 8.32. The highest BCUT2D eigenvalue weighted by atomic mass is 79.9. The number of halogens is 3. The smallest absolute Gasteiger partial charge is 0.261 e. The minimum atomic E-state index is -0.773. The maximum Gasteiger partial charge on any atom is 0.261 e. The van der Waals surface area contributed by atoms with E-state index >= 15 is 0 Å². The number of carbonyl (C=O) groups is 2. The zero-order valence-corrected chi connectivity index (χ0v) is 19.6. The number of nitrogens with one attached hydrogen (secondary N) is 1. The molecule has 0 saturated heterocycles. The minimum Gasteiger partial charge on any atom is -0.483 e. The molecule has 5 nitrogen and oxygen atoms in total. The Labute approximate surface area is 195 Å². The molecule has 3 rings (SSSR count). The van der Waals surface area contributed by atoms with Crippen LogP contribution in [0.25, 0.3) is 0 Å². The van der Waals surface area contributed by atoms with Gasteiger partial charge in [-0.2, -0.15) is 0 Å². The third-order valence-corrected chi connectivity index (χ3v) is 6.27. The molecule has 1 aliphatic carbocycles. The third-order valence-electron chi connectivity index (χ3n) is 5.41. The standard InChI is InChI=1S/C23H25BrClFN2O3/c1-15(23(30)27-18-7-3-4-8-18)28(13-16-6-2-5-9-20(16)26)22(29)14-31-21-11-10-17(25)12-19(21)24/h2,5-6,9-12,15,18H,3-4,7-8,13-14H2,1H3,(H,27,30)/t15-/m0/s1. The number of amides is 2. The summed E-state index contributed by atoms with van der Waals surface area (Å²) in [6.45, 7) is 1.33. The molecule has 2 aromatic rings. The highest BCUT2D eigenvalue weighted by molar-refractivity contribution is 9.10. The summed E-state index contributed by atoms with van der Waals surface area (Å²) < 4.78 is 20.5. The van der Waals surface area contributed by atoms with Gasteiger partial charge >= 0.3 is 0 Å². The molecule has 2 amide bonds. The molecule has 1 fully saturated rings. The molecule has 166 valence electrons. The lowest BCUT2D eigenvalue weighted by Gasteiger charge is -2.29. The molecule has 2 aromatic carbocycles. The van der Waals surface area contributed by atoms with Crippen LogP contribution in [0.5, 0.6) is 5.75 Å². The van der Waals surface area contributed by atoms with Gasteiger partial charge in [-0.3, -0.25) is 9.59 Å². The fourth-order valence-corrected chi connectivity index (χ4v) is 4.40. The first kappa shape index (κ1) is 23.5. The van der Waals surface area contributed by atoms with E-state index in [9.17, 15) is 14.0 Å². The Morgan fingerprint density at radius 2 is 1.97 bits per heavy atom. The normalized spacial score (nSPS) is 14.8. The van der Waals surface area contributed by atoms with Crippen LogP contribution >= 0.6 is 27.5 Å². The molecule has 1 atom stereocenters.